The van der Waals surface area contributed by atoms with Gasteiger partial charge in [0.25, 0.3) is 0 Å². The van der Waals surface area contributed by atoms with Crippen LogP contribution >= 0.6 is 0 Å². The maximum Gasteiger partial charge on any atom is 0.0708 e. The Bertz CT molecular complexity index is 616. The highest BCUT2D eigenvalue weighted by Crippen LogP contribution is 2.27. The summed E-state index contributed by atoms with van der Waals surface area (Å²) in [4.78, 5) is 7.52. The lowest BCUT2D eigenvalue weighted by atomic mass is 10.00. The van der Waals surface area contributed by atoms with Crippen LogP contribution in [-0.2, 0) is 13.0 Å². The molecular weight excluding hydrogens is 244 g/mol. The van der Waals surface area contributed by atoms with Crippen LogP contribution in [0.4, 0.5) is 0 Å². The van der Waals surface area contributed by atoms with E-state index in [0.29, 0.717) is 0 Å². The minimum Gasteiger partial charge on any atom is -0.299 e. The molecule has 3 rings (SSSR count). The number of aromatic nitrogens is 1. The van der Waals surface area contributed by atoms with E-state index in [1.165, 1.54) is 41.7 Å². The van der Waals surface area contributed by atoms with Crippen molar-refractivity contribution >= 4 is 10.9 Å². The Kier molecular flexibility index (Phi) is 3.75. The van der Waals surface area contributed by atoms with Crippen molar-refractivity contribution in [3.05, 3.63) is 41.1 Å². The van der Waals surface area contributed by atoms with Gasteiger partial charge in [0, 0.05) is 24.2 Å². The summed E-state index contributed by atoms with van der Waals surface area (Å²) in [6.07, 6.45) is 2.35. The summed E-state index contributed by atoms with van der Waals surface area (Å²) in [6, 6.07) is 8.55. The SMILES string of the molecule is Cc1c2c(nc3ccccc13)CCCN(CC(C)C)C2. The first-order valence-corrected chi connectivity index (χ1v) is 7.74. The number of aryl methyl sites for hydroxylation is 2. The van der Waals surface area contributed by atoms with Crippen molar-refractivity contribution in [1.82, 2.24) is 9.88 Å². The zero-order valence-corrected chi connectivity index (χ0v) is 12.8. The molecule has 2 heteroatoms. The lowest BCUT2D eigenvalue weighted by molar-refractivity contribution is 0.239. The van der Waals surface area contributed by atoms with Gasteiger partial charge in [0.05, 0.1) is 5.52 Å². The summed E-state index contributed by atoms with van der Waals surface area (Å²) in [5.74, 6) is 0.727. The van der Waals surface area contributed by atoms with E-state index in [-0.39, 0.29) is 0 Å². The number of benzene rings is 1. The summed E-state index contributed by atoms with van der Waals surface area (Å²) in [7, 11) is 0. The van der Waals surface area contributed by atoms with Gasteiger partial charge in [0.1, 0.15) is 0 Å². The van der Waals surface area contributed by atoms with Gasteiger partial charge in [0.2, 0.25) is 0 Å². The van der Waals surface area contributed by atoms with Crippen LogP contribution in [0.5, 0.6) is 0 Å². The predicted molar refractivity (Wildman–Crippen MR) is 84.9 cm³/mol. The lowest BCUT2D eigenvalue weighted by Crippen LogP contribution is -2.27. The number of rotatable bonds is 2. The molecule has 1 aromatic heterocycles. The molecular formula is C18H24N2. The second kappa shape index (κ2) is 5.53. The Morgan fingerprint density at radius 1 is 1.25 bits per heavy atom. The summed E-state index contributed by atoms with van der Waals surface area (Å²) in [5.41, 5.74) is 5.39. The fraction of sp³-hybridized carbons (Fsp3) is 0.500. The number of fused-ring (bicyclic) bond motifs is 2. The van der Waals surface area contributed by atoms with Crippen molar-refractivity contribution in [3.8, 4) is 0 Å². The lowest BCUT2D eigenvalue weighted by Gasteiger charge is -2.23. The topological polar surface area (TPSA) is 16.1 Å². The Hall–Kier alpha value is -1.41. The third kappa shape index (κ3) is 2.57. The van der Waals surface area contributed by atoms with Crippen LogP contribution in [0, 0.1) is 12.8 Å². The van der Waals surface area contributed by atoms with Crippen LogP contribution in [0.15, 0.2) is 24.3 Å². The molecule has 0 fully saturated rings. The minimum absolute atomic E-state index is 0.727. The Morgan fingerprint density at radius 3 is 2.85 bits per heavy atom. The number of para-hydroxylation sites is 1. The van der Waals surface area contributed by atoms with Gasteiger partial charge in [-0.05, 0) is 49.4 Å². The highest BCUT2D eigenvalue weighted by molar-refractivity contribution is 5.83. The van der Waals surface area contributed by atoms with Crippen molar-refractivity contribution < 1.29 is 0 Å². The van der Waals surface area contributed by atoms with E-state index in [9.17, 15) is 0 Å². The second-order valence-corrected chi connectivity index (χ2v) is 6.41. The van der Waals surface area contributed by atoms with Gasteiger partial charge in [-0.25, -0.2) is 0 Å². The van der Waals surface area contributed by atoms with E-state index in [2.05, 4.69) is 49.9 Å². The zero-order valence-electron chi connectivity index (χ0n) is 12.8. The van der Waals surface area contributed by atoms with Crippen LogP contribution < -0.4 is 0 Å². The van der Waals surface area contributed by atoms with Crippen molar-refractivity contribution in [3.63, 3.8) is 0 Å². The van der Waals surface area contributed by atoms with Gasteiger partial charge in [-0.2, -0.15) is 0 Å². The quantitative estimate of drug-likeness (QED) is 0.820. The highest BCUT2D eigenvalue weighted by atomic mass is 15.1. The third-order valence-electron chi connectivity index (χ3n) is 4.26. The highest BCUT2D eigenvalue weighted by Gasteiger charge is 2.19. The van der Waals surface area contributed by atoms with Gasteiger partial charge in [-0.15, -0.1) is 0 Å². The third-order valence-corrected chi connectivity index (χ3v) is 4.26. The summed E-state index contributed by atoms with van der Waals surface area (Å²) in [6.45, 7) is 10.3. The van der Waals surface area contributed by atoms with E-state index < -0.39 is 0 Å². The molecule has 0 saturated heterocycles. The maximum absolute atomic E-state index is 4.92. The van der Waals surface area contributed by atoms with Gasteiger partial charge >= 0.3 is 0 Å². The van der Waals surface area contributed by atoms with E-state index in [1.54, 1.807) is 0 Å². The smallest absolute Gasteiger partial charge is 0.0708 e. The summed E-state index contributed by atoms with van der Waals surface area (Å²) >= 11 is 0. The molecule has 1 aliphatic heterocycles. The maximum atomic E-state index is 4.92. The molecule has 0 bridgehead atoms. The Balaban J connectivity index is 2.04. The number of nitrogens with zero attached hydrogens (tertiary/aromatic N) is 2. The molecule has 0 unspecified atom stereocenters. The molecule has 2 aromatic rings. The summed E-state index contributed by atoms with van der Waals surface area (Å²) in [5, 5.41) is 1.32. The predicted octanol–water partition coefficient (Wildman–Crippen LogP) is 3.95. The minimum atomic E-state index is 0.727. The monoisotopic (exact) mass is 268 g/mol. The fourth-order valence-corrected chi connectivity index (χ4v) is 3.34. The second-order valence-electron chi connectivity index (χ2n) is 6.41. The molecule has 1 aliphatic rings. The standard InChI is InChI=1S/C18H24N2/c1-13(2)11-20-10-6-9-18-16(12-20)14(3)15-7-4-5-8-17(15)19-18/h4-5,7-8,13H,6,9-12H2,1-3H3. The number of pyridine rings is 1. The van der Waals surface area contributed by atoms with Crippen molar-refractivity contribution in [2.75, 3.05) is 13.1 Å². The van der Waals surface area contributed by atoms with Gasteiger partial charge in [-0.3, -0.25) is 9.88 Å². The molecule has 0 aliphatic carbocycles. The molecule has 106 valence electrons. The first-order chi connectivity index (χ1) is 9.65. The van der Waals surface area contributed by atoms with Crippen LogP contribution in [0.3, 0.4) is 0 Å². The van der Waals surface area contributed by atoms with Crippen LogP contribution in [0.1, 0.15) is 37.1 Å². The van der Waals surface area contributed by atoms with E-state index in [1.807, 2.05) is 0 Å². The molecule has 20 heavy (non-hydrogen) atoms. The molecule has 0 spiro atoms. The van der Waals surface area contributed by atoms with Crippen molar-refractivity contribution in [1.29, 1.82) is 0 Å². The largest absolute Gasteiger partial charge is 0.299 e. The first kappa shape index (κ1) is 13.6. The van der Waals surface area contributed by atoms with E-state index >= 15 is 0 Å². The fourth-order valence-electron chi connectivity index (χ4n) is 3.34. The summed E-state index contributed by atoms with van der Waals surface area (Å²) < 4.78 is 0. The molecule has 1 aromatic carbocycles. The Labute approximate surface area is 121 Å². The zero-order chi connectivity index (χ0) is 14.1. The van der Waals surface area contributed by atoms with Crippen molar-refractivity contribution in [2.24, 2.45) is 5.92 Å². The van der Waals surface area contributed by atoms with Gasteiger partial charge < -0.3 is 0 Å². The molecule has 0 amide bonds. The molecule has 2 nitrogen and oxygen atoms in total. The average Bonchev–Trinajstić information content (AvgIpc) is 2.61. The molecule has 2 heterocycles. The Morgan fingerprint density at radius 2 is 2.05 bits per heavy atom. The van der Waals surface area contributed by atoms with Gasteiger partial charge in [0.15, 0.2) is 0 Å². The number of hydrogen-bond acceptors (Lipinski definition) is 2. The molecule has 0 atom stereocenters. The van der Waals surface area contributed by atoms with E-state index in [0.717, 1.165) is 24.4 Å². The van der Waals surface area contributed by atoms with E-state index in [4.69, 9.17) is 4.98 Å². The van der Waals surface area contributed by atoms with Crippen molar-refractivity contribution in [2.45, 2.75) is 40.2 Å². The van der Waals surface area contributed by atoms with Gasteiger partial charge in [-0.1, -0.05) is 32.0 Å². The van der Waals surface area contributed by atoms with Crippen LogP contribution in [0.2, 0.25) is 0 Å². The van der Waals surface area contributed by atoms with Crippen LogP contribution in [0.25, 0.3) is 10.9 Å². The first-order valence-electron chi connectivity index (χ1n) is 7.74. The molecule has 0 radical (unpaired) electrons. The molecule has 0 saturated carbocycles. The van der Waals surface area contributed by atoms with Crippen LogP contribution in [-0.4, -0.2) is 23.0 Å². The average molecular weight is 268 g/mol. The molecule has 0 N–H and O–H groups in total. The number of hydrogen-bond donors (Lipinski definition) is 0. The normalized spacial score (nSPS) is 16.4.